The van der Waals surface area contributed by atoms with Gasteiger partial charge in [0.05, 0.1) is 28.0 Å². The van der Waals surface area contributed by atoms with Gasteiger partial charge >= 0.3 is 0 Å². The lowest BCUT2D eigenvalue weighted by Gasteiger charge is -2.09. The Labute approximate surface area is 133 Å². The highest BCUT2D eigenvalue weighted by Gasteiger charge is 2.10. The fraction of sp³-hybridized carbons (Fsp3) is 0.231. The maximum absolute atomic E-state index is 13.0. The van der Waals surface area contributed by atoms with Gasteiger partial charge in [0.15, 0.2) is 0 Å². The molecule has 0 unspecified atom stereocenters. The number of anilines is 1. The second-order valence-electron chi connectivity index (χ2n) is 4.04. The molecular formula is C13H10Cl2F3NOS. The number of halogens is 5. The first-order valence-corrected chi connectivity index (χ1v) is 7.62. The Morgan fingerprint density at radius 3 is 2.38 bits per heavy atom. The average Bonchev–Trinajstić information content (AvgIpc) is 2.83. The molecule has 0 bridgehead atoms. The van der Waals surface area contributed by atoms with Crippen molar-refractivity contribution in [3.8, 4) is 0 Å². The van der Waals surface area contributed by atoms with Gasteiger partial charge in [0.2, 0.25) is 0 Å². The van der Waals surface area contributed by atoms with Gasteiger partial charge in [0, 0.05) is 0 Å². The number of rotatable bonds is 6. The standard InChI is InChI=1S/C13H10Cl2F3NOS/c14-10-3-7(16)4-11(15)12(10)19-5-8-1-2-9(20-8)6-21-13(17)18/h1-4,13,19H,5-6H2. The number of alkyl halides is 2. The van der Waals surface area contributed by atoms with Gasteiger partial charge in [-0.05, 0) is 24.3 Å². The zero-order chi connectivity index (χ0) is 15.4. The number of hydrogen-bond donors (Lipinski definition) is 1. The summed E-state index contributed by atoms with van der Waals surface area (Å²) in [4.78, 5) is 0. The minimum Gasteiger partial charge on any atom is -0.463 e. The molecule has 0 fully saturated rings. The molecule has 0 amide bonds. The van der Waals surface area contributed by atoms with Crippen LogP contribution in [0.3, 0.4) is 0 Å². The van der Waals surface area contributed by atoms with Crippen molar-refractivity contribution in [2.75, 3.05) is 5.32 Å². The van der Waals surface area contributed by atoms with Crippen molar-refractivity contribution in [3.05, 3.63) is 51.6 Å². The molecule has 1 aromatic carbocycles. The first kappa shape index (κ1) is 16.4. The lowest BCUT2D eigenvalue weighted by Crippen LogP contribution is -2.00. The predicted octanol–water partition coefficient (Wildman–Crippen LogP) is 5.79. The van der Waals surface area contributed by atoms with E-state index in [-0.39, 0.29) is 22.3 Å². The van der Waals surface area contributed by atoms with E-state index in [0.29, 0.717) is 29.0 Å². The summed E-state index contributed by atoms with van der Waals surface area (Å²) >= 11 is 12.3. The Kier molecular flexibility index (Phi) is 5.72. The molecule has 1 aromatic heterocycles. The number of thioether (sulfide) groups is 1. The zero-order valence-corrected chi connectivity index (χ0v) is 12.8. The fourth-order valence-corrected chi connectivity index (χ4v) is 2.67. The van der Waals surface area contributed by atoms with Gasteiger partial charge in [-0.3, -0.25) is 0 Å². The number of nitrogens with one attached hydrogen (secondary N) is 1. The summed E-state index contributed by atoms with van der Waals surface area (Å²) in [6.45, 7) is 0.254. The van der Waals surface area contributed by atoms with Crippen LogP contribution < -0.4 is 5.32 Å². The van der Waals surface area contributed by atoms with Crippen LogP contribution in [0.25, 0.3) is 0 Å². The van der Waals surface area contributed by atoms with E-state index in [1.54, 1.807) is 12.1 Å². The van der Waals surface area contributed by atoms with Crippen LogP contribution in [0.1, 0.15) is 11.5 Å². The summed E-state index contributed by atoms with van der Waals surface area (Å²) in [6, 6.07) is 5.57. The molecule has 0 radical (unpaired) electrons. The van der Waals surface area contributed by atoms with Crippen LogP contribution in [0.2, 0.25) is 10.0 Å². The highest BCUT2D eigenvalue weighted by molar-refractivity contribution is 7.98. The van der Waals surface area contributed by atoms with Crippen LogP contribution in [0.5, 0.6) is 0 Å². The van der Waals surface area contributed by atoms with Crippen molar-refractivity contribution in [2.45, 2.75) is 18.1 Å². The molecule has 0 spiro atoms. The molecule has 1 N–H and O–H groups in total. The van der Waals surface area contributed by atoms with Gasteiger partial charge in [0.1, 0.15) is 17.3 Å². The lowest BCUT2D eigenvalue weighted by molar-refractivity contribution is 0.251. The largest absolute Gasteiger partial charge is 0.463 e. The normalized spacial score (nSPS) is 11.1. The summed E-state index contributed by atoms with van der Waals surface area (Å²) in [6.07, 6.45) is 0. The number of hydrogen-bond acceptors (Lipinski definition) is 3. The molecule has 1 heterocycles. The van der Waals surface area contributed by atoms with Gasteiger partial charge in [0.25, 0.3) is 5.76 Å². The molecule has 0 aliphatic heterocycles. The Bertz CT molecular complexity index is 598. The van der Waals surface area contributed by atoms with Crippen LogP contribution in [0.4, 0.5) is 18.9 Å². The van der Waals surface area contributed by atoms with E-state index >= 15 is 0 Å². The van der Waals surface area contributed by atoms with Crippen molar-refractivity contribution in [1.29, 1.82) is 0 Å². The molecule has 2 nitrogen and oxygen atoms in total. The first-order valence-electron chi connectivity index (χ1n) is 5.81. The van der Waals surface area contributed by atoms with Crippen molar-refractivity contribution in [1.82, 2.24) is 0 Å². The minimum atomic E-state index is -2.44. The highest BCUT2D eigenvalue weighted by Crippen LogP contribution is 2.32. The maximum atomic E-state index is 13.0. The van der Waals surface area contributed by atoms with Gasteiger partial charge in [-0.15, -0.1) is 0 Å². The predicted molar refractivity (Wildman–Crippen MR) is 79.8 cm³/mol. The Morgan fingerprint density at radius 1 is 1.14 bits per heavy atom. The number of furan rings is 1. The highest BCUT2D eigenvalue weighted by atomic mass is 35.5. The van der Waals surface area contributed by atoms with E-state index in [1.807, 2.05) is 0 Å². The molecule has 0 aliphatic carbocycles. The van der Waals surface area contributed by atoms with E-state index in [1.165, 1.54) is 0 Å². The quantitative estimate of drug-likeness (QED) is 0.709. The smallest absolute Gasteiger partial charge is 0.284 e. The van der Waals surface area contributed by atoms with Crippen molar-refractivity contribution in [2.24, 2.45) is 0 Å². The summed E-state index contributed by atoms with van der Waals surface area (Å²) < 4.78 is 42.6. The van der Waals surface area contributed by atoms with Gasteiger partial charge in [-0.1, -0.05) is 35.0 Å². The molecule has 8 heteroatoms. The van der Waals surface area contributed by atoms with Crippen molar-refractivity contribution >= 4 is 40.7 Å². The van der Waals surface area contributed by atoms with Crippen LogP contribution in [-0.2, 0) is 12.3 Å². The average molecular weight is 356 g/mol. The van der Waals surface area contributed by atoms with Crippen LogP contribution >= 0.6 is 35.0 Å². The fourth-order valence-electron chi connectivity index (χ4n) is 1.63. The third-order valence-corrected chi connectivity index (χ3v) is 3.81. The van der Waals surface area contributed by atoms with E-state index in [0.717, 1.165) is 12.1 Å². The van der Waals surface area contributed by atoms with E-state index in [9.17, 15) is 13.2 Å². The minimum absolute atomic E-state index is 0.0930. The molecular weight excluding hydrogens is 346 g/mol. The molecule has 0 atom stereocenters. The second-order valence-corrected chi connectivity index (χ2v) is 5.83. The van der Waals surface area contributed by atoms with Crippen LogP contribution in [0, 0.1) is 5.82 Å². The Hall–Kier alpha value is -0.980. The number of benzene rings is 1. The van der Waals surface area contributed by atoms with Crippen LogP contribution in [-0.4, -0.2) is 5.76 Å². The molecule has 0 saturated carbocycles. The van der Waals surface area contributed by atoms with Crippen LogP contribution in [0.15, 0.2) is 28.7 Å². The van der Waals surface area contributed by atoms with E-state index in [4.69, 9.17) is 27.6 Å². The maximum Gasteiger partial charge on any atom is 0.284 e. The summed E-state index contributed by atoms with van der Waals surface area (Å²) in [7, 11) is 0. The molecule has 2 aromatic rings. The van der Waals surface area contributed by atoms with E-state index < -0.39 is 11.6 Å². The van der Waals surface area contributed by atoms with Crippen molar-refractivity contribution < 1.29 is 17.6 Å². The molecule has 2 rings (SSSR count). The first-order chi connectivity index (χ1) is 9.95. The molecule has 0 aliphatic rings. The SMILES string of the molecule is Fc1cc(Cl)c(NCc2ccc(CSC(F)F)o2)c(Cl)c1. The van der Waals surface area contributed by atoms with Crippen molar-refractivity contribution in [3.63, 3.8) is 0 Å². The third kappa shape index (κ3) is 4.76. The molecule has 114 valence electrons. The monoisotopic (exact) mass is 355 g/mol. The Morgan fingerprint density at radius 2 is 1.76 bits per heavy atom. The third-order valence-electron chi connectivity index (χ3n) is 2.52. The van der Waals surface area contributed by atoms with Gasteiger partial charge < -0.3 is 9.73 Å². The summed E-state index contributed by atoms with van der Waals surface area (Å²) in [5, 5.41) is 3.23. The molecule has 21 heavy (non-hydrogen) atoms. The summed E-state index contributed by atoms with van der Waals surface area (Å²) in [5.74, 6) is -1.88. The van der Waals surface area contributed by atoms with E-state index in [2.05, 4.69) is 5.32 Å². The topological polar surface area (TPSA) is 25.2 Å². The van der Waals surface area contributed by atoms with Gasteiger partial charge in [-0.25, -0.2) is 4.39 Å². The lowest BCUT2D eigenvalue weighted by atomic mass is 10.3. The zero-order valence-electron chi connectivity index (χ0n) is 10.5. The summed E-state index contributed by atoms with van der Waals surface area (Å²) in [5.41, 5.74) is 0.389. The second kappa shape index (κ2) is 7.33. The Balaban J connectivity index is 1.97. The van der Waals surface area contributed by atoms with Gasteiger partial charge in [-0.2, -0.15) is 8.78 Å². The molecule has 0 saturated heterocycles.